The van der Waals surface area contributed by atoms with Crippen molar-refractivity contribution in [2.24, 2.45) is 0 Å². The Hall–Kier alpha value is -5.60. The van der Waals surface area contributed by atoms with Crippen molar-refractivity contribution < 1.29 is 46.6 Å². The maximum absolute atomic E-state index is 13.8. The number of anilines is 1. The number of halogens is 3. The number of likely N-dealkylation sites (tertiary alicyclic amines) is 1. The van der Waals surface area contributed by atoms with Gasteiger partial charge in [-0.25, -0.2) is 9.59 Å². The number of benzene rings is 3. The lowest BCUT2D eigenvalue weighted by atomic mass is 9.95. The highest BCUT2D eigenvalue weighted by Crippen LogP contribution is 2.59. The first kappa shape index (κ1) is 37.2. The molecule has 3 aromatic rings. The van der Waals surface area contributed by atoms with Gasteiger partial charge in [0.05, 0.1) is 12.0 Å². The number of hydrogen-bond acceptors (Lipinski definition) is 7. The molecule has 12 nitrogen and oxygen atoms in total. The van der Waals surface area contributed by atoms with Gasteiger partial charge in [0.25, 0.3) is 11.8 Å². The van der Waals surface area contributed by atoms with E-state index >= 15 is 0 Å². The Morgan fingerprint density at radius 2 is 1.68 bits per heavy atom. The highest BCUT2D eigenvalue weighted by Gasteiger charge is 2.64. The maximum atomic E-state index is 13.8. The van der Waals surface area contributed by atoms with Crippen LogP contribution < -0.4 is 20.7 Å². The van der Waals surface area contributed by atoms with E-state index in [0.717, 1.165) is 10.5 Å². The highest BCUT2D eigenvalue weighted by molar-refractivity contribution is 6.06. The van der Waals surface area contributed by atoms with Crippen molar-refractivity contribution in [1.82, 2.24) is 20.4 Å². The average molecular weight is 736 g/mol. The lowest BCUT2D eigenvalue weighted by molar-refractivity contribution is -0.160. The first-order chi connectivity index (χ1) is 25.1. The second-order valence-electron chi connectivity index (χ2n) is 14.3. The summed E-state index contributed by atoms with van der Waals surface area (Å²) in [5.41, 5.74) is -0.255. The number of ether oxygens (including phenoxy) is 2. The molecule has 53 heavy (non-hydrogen) atoms. The van der Waals surface area contributed by atoms with Gasteiger partial charge in [0.2, 0.25) is 5.91 Å². The molecule has 6 rings (SSSR count). The zero-order valence-electron chi connectivity index (χ0n) is 29.5. The van der Waals surface area contributed by atoms with Gasteiger partial charge in [-0.15, -0.1) is 0 Å². The molecular weight excluding hydrogens is 695 g/mol. The lowest BCUT2D eigenvalue weighted by Gasteiger charge is -2.35. The van der Waals surface area contributed by atoms with Crippen LogP contribution in [0.25, 0.3) is 0 Å². The van der Waals surface area contributed by atoms with Gasteiger partial charge in [0, 0.05) is 35.3 Å². The summed E-state index contributed by atoms with van der Waals surface area (Å²) in [5.74, 6) is -1.25. The van der Waals surface area contributed by atoms with Crippen molar-refractivity contribution in [2.45, 2.75) is 89.4 Å². The third kappa shape index (κ3) is 8.08. The van der Waals surface area contributed by atoms with Crippen molar-refractivity contribution in [3.05, 3.63) is 94.5 Å². The molecule has 1 aliphatic carbocycles. The largest absolute Gasteiger partial charge is 0.488 e. The number of urea groups is 1. The zero-order valence-corrected chi connectivity index (χ0v) is 29.5. The van der Waals surface area contributed by atoms with Crippen molar-refractivity contribution in [1.29, 1.82) is 0 Å². The topological polar surface area (TPSA) is 146 Å². The predicted molar refractivity (Wildman–Crippen MR) is 185 cm³/mol. The minimum Gasteiger partial charge on any atom is -0.488 e. The Morgan fingerprint density at radius 1 is 0.943 bits per heavy atom. The number of carbonyl (C=O) groups is 5. The number of fused-ring (bicyclic) bond motifs is 1. The van der Waals surface area contributed by atoms with E-state index in [-0.39, 0.29) is 56.6 Å². The Bertz CT molecular complexity index is 1920. The summed E-state index contributed by atoms with van der Waals surface area (Å²) in [6.45, 7) is 4.65. The molecule has 3 N–H and O–H groups in total. The van der Waals surface area contributed by atoms with Crippen molar-refractivity contribution in [2.75, 3.05) is 12.0 Å². The first-order valence-electron chi connectivity index (χ1n) is 17.2. The number of amides is 6. The third-order valence-corrected chi connectivity index (χ3v) is 9.43. The van der Waals surface area contributed by atoms with Crippen LogP contribution in [0.3, 0.4) is 0 Å². The van der Waals surface area contributed by atoms with Crippen LogP contribution in [0.1, 0.15) is 79.1 Å². The second kappa shape index (κ2) is 14.4. The van der Waals surface area contributed by atoms with Crippen LogP contribution in [-0.4, -0.2) is 64.1 Å². The smallest absolute Gasteiger partial charge is 0.409 e. The number of imide groups is 1. The van der Waals surface area contributed by atoms with Gasteiger partial charge in [-0.05, 0) is 69.4 Å². The van der Waals surface area contributed by atoms with E-state index in [1.807, 2.05) is 30.3 Å². The molecule has 1 saturated heterocycles. The lowest BCUT2D eigenvalue weighted by Crippen LogP contribution is -2.57. The van der Waals surface area contributed by atoms with E-state index in [2.05, 4.69) is 16.0 Å². The van der Waals surface area contributed by atoms with Gasteiger partial charge in [-0.2, -0.15) is 13.2 Å². The number of carbonyl (C=O) groups excluding carboxylic acids is 5. The molecule has 0 aromatic heterocycles. The fraction of sp³-hybridized carbons (Fsp3) is 0.395. The summed E-state index contributed by atoms with van der Waals surface area (Å²) in [5, 5.41) is 7.76. The molecule has 6 amide bonds. The summed E-state index contributed by atoms with van der Waals surface area (Å²) in [7, 11) is 0. The Balaban J connectivity index is 1.18. The van der Waals surface area contributed by atoms with Gasteiger partial charge < -0.3 is 30.3 Å². The standard InChI is InChI=1S/C38H40F3N5O7/c1-36(2,3)53-35(51)43-22-46-30(47)15-14-29(33(46)49)45-20-28-27(32(45)48)13-12-24(31(28)52-21-23-8-5-4-6-9-23)19-42-34(50)44-26-11-7-10-25(18-26)37(16-17-37)38(39,40)41/h4-13,18,29H,14-17,19-22H2,1-3H3,(H,43,51)(H2,42,44,50). The Labute approximate surface area is 304 Å². The molecule has 0 radical (unpaired) electrons. The fourth-order valence-corrected chi connectivity index (χ4v) is 6.57. The molecule has 3 aliphatic rings. The van der Waals surface area contributed by atoms with E-state index in [0.29, 0.717) is 22.4 Å². The van der Waals surface area contributed by atoms with E-state index in [4.69, 9.17) is 9.47 Å². The van der Waals surface area contributed by atoms with E-state index in [1.54, 1.807) is 32.9 Å². The molecular formula is C38H40F3N5O7. The number of nitrogens with zero attached hydrogens (tertiary/aromatic N) is 2. The van der Waals surface area contributed by atoms with Gasteiger partial charge >= 0.3 is 18.3 Å². The minimum atomic E-state index is -4.39. The van der Waals surface area contributed by atoms with Crippen LogP contribution in [0.4, 0.5) is 28.4 Å². The number of nitrogens with one attached hydrogen (secondary N) is 3. The molecule has 2 heterocycles. The van der Waals surface area contributed by atoms with Crippen molar-refractivity contribution in [3.8, 4) is 5.75 Å². The van der Waals surface area contributed by atoms with Crippen LogP contribution in [0.2, 0.25) is 0 Å². The summed E-state index contributed by atoms with van der Waals surface area (Å²) in [6.07, 6.45) is -5.16. The van der Waals surface area contributed by atoms with Gasteiger partial charge in [-0.3, -0.25) is 19.3 Å². The molecule has 1 atom stereocenters. The summed E-state index contributed by atoms with van der Waals surface area (Å²) < 4.78 is 52.6. The second-order valence-corrected chi connectivity index (χ2v) is 14.3. The third-order valence-electron chi connectivity index (χ3n) is 9.43. The van der Waals surface area contributed by atoms with Gasteiger partial charge in [0.1, 0.15) is 30.7 Å². The van der Waals surface area contributed by atoms with Crippen molar-refractivity contribution in [3.63, 3.8) is 0 Å². The van der Waals surface area contributed by atoms with Gasteiger partial charge in [0.15, 0.2) is 0 Å². The summed E-state index contributed by atoms with van der Waals surface area (Å²) in [6, 6.07) is 16.6. The van der Waals surface area contributed by atoms with Gasteiger partial charge in [-0.1, -0.05) is 48.5 Å². The van der Waals surface area contributed by atoms with Crippen LogP contribution in [-0.2, 0) is 39.4 Å². The Kier molecular flexibility index (Phi) is 10.1. The number of alkyl halides is 3. The van der Waals surface area contributed by atoms with Crippen LogP contribution in [0.15, 0.2) is 66.7 Å². The molecule has 1 saturated carbocycles. The van der Waals surface area contributed by atoms with Crippen LogP contribution in [0.5, 0.6) is 5.75 Å². The van der Waals surface area contributed by atoms with Crippen molar-refractivity contribution >= 4 is 35.5 Å². The number of hydrogen-bond donors (Lipinski definition) is 3. The monoisotopic (exact) mass is 735 g/mol. The number of piperidine rings is 1. The molecule has 15 heteroatoms. The molecule has 280 valence electrons. The average Bonchev–Trinajstić information content (AvgIpc) is 3.86. The normalized spacial score (nSPS) is 18.0. The fourth-order valence-electron chi connectivity index (χ4n) is 6.57. The summed E-state index contributed by atoms with van der Waals surface area (Å²) in [4.78, 5) is 67.6. The SMILES string of the molecule is CC(C)(C)OC(=O)NCN1C(=O)CCC(N2Cc3c(ccc(CNC(=O)Nc4cccc(C5(C(F)(F)F)CC5)c4)c3OCc3ccccc3)C2=O)C1=O. The molecule has 0 bridgehead atoms. The maximum Gasteiger partial charge on any atom is 0.409 e. The van der Waals surface area contributed by atoms with E-state index in [9.17, 15) is 37.1 Å². The highest BCUT2D eigenvalue weighted by atomic mass is 19.4. The van der Waals surface area contributed by atoms with Crippen LogP contribution in [0, 0.1) is 0 Å². The van der Waals surface area contributed by atoms with E-state index in [1.165, 1.54) is 29.2 Å². The zero-order chi connectivity index (χ0) is 38.1. The molecule has 0 spiro atoms. The quantitative estimate of drug-likeness (QED) is 0.212. The first-order valence-corrected chi connectivity index (χ1v) is 17.2. The molecule has 1 unspecified atom stereocenters. The number of rotatable bonds is 10. The molecule has 3 aromatic carbocycles. The number of alkyl carbamates (subject to hydrolysis) is 1. The van der Waals surface area contributed by atoms with E-state index < -0.39 is 59.7 Å². The molecule has 2 aliphatic heterocycles. The van der Waals surface area contributed by atoms with Crippen LogP contribution >= 0.6 is 0 Å². The predicted octanol–water partition coefficient (Wildman–Crippen LogP) is 6.14. The Morgan fingerprint density at radius 3 is 2.36 bits per heavy atom. The summed E-state index contributed by atoms with van der Waals surface area (Å²) >= 11 is 0. The minimum absolute atomic E-state index is 0.00718. The molecule has 2 fully saturated rings.